The van der Waals surface area contributed by atoms with Crippen LogP contribution in [0, 0.1) is 5.92 Å². The van der Waals surface area contributed by atoms with E-state index in [9.17, 15) is 24.6 Å². The molecule has 4 aliphatic rings. The number of carbonyl (C=O) groups is 3. The van der Waals surface area contributed by atoms with Crippen LogP contribution < -0.4 is 10.6 Å². The van der Waals surface area contributed by atoms with Gasteiger partial charge in [0.15, 0.2) is 0 Å². The van der Waals surface area contributed by atoms with Crippen molar-refractivity contribution in [3.8, 4) is 0 Å². The third-order valence-corrected chi connectivity index (χ3v) is 8.66. The molecule has 3 fully saturated rings. The molecule has 7 atom stereocenters. The fourth-order valence-electron chi connectivity index (χ4n) is 5.32. The molecule has 0 saturated carbocycles. The van der Waals surface area contributed by atoms with Gasteiger partial charge in [-0.05, 0) is 32.3 Å². The molecule has 0 bridgehead atoms. The summed E-state index contributed by atoms with van der Waals surface area (Å²) in [4.78, 5) is 40.8. The highest BCUT2D eigenvalue weighted by Crippen LogP contribution is 2.55. The molecule has 0 spiro atoms. The molecular weight excluding hydrogens is 408 g/mol. The summed E-state index contributed by atoms with van der Waals surface area (Å²) in [5.74, 6) is -1.55. The van der Waals surface area contributed by atoms with Gasteiger partial charge in [-0.2, -0.15) is 0 Å². The Morgan fingerprint density at radius 1 is 1.33 bits per heavy atom. The Labute approximate surface area is 180 Å². The fourth-order valence-corrected chi connectivity index (χ4v) is 7.19. The predicted molar refractivity (Wildman–Crippen MR) is 112 cm³/mol. The van der Waals surface area contributed by atoms with Crippen molar-refractivity contribution in [1.82, 2.24) is 20.4 Å². The summed E-state index contributed by atoms with van der Waals surface area (Å²) in [6.07, 6.45) is 1.26. The number of piperazine rings is 1. The van der Waals surface area contributed by atoms with E-state index in [4.69, 9.17) is 0 Å². The lowest BCUT2D eigenvalue weighted by molar-refractivity contribution is -0.158. The second kappa shape index (κ2) is 7.81. The van der Waals surface area contributed by atoms with Crippen molar-refractivity contribution >= 4 is 29.5 Å². The van der Waals surface area contributed by atoms with E-state index in [0.29, 0.717) is 19.5 Å². The van der Waals surface area contributed by atoms with E-state index in [0.717, 1.165) is 13.1 Å². The molecule has 6 unspecified atom stereocenters. The summed E-state index contributed by atoms with van der Waals surface area (Å²) >= 11 is 1.41. The lowest BCUT2D eigenvalue weighted by Gasteiger charge is -2.56. The van der Waals surface area contributed by atoms with Crippen LogP contribution in [0.15, 0.2) is 11.8 Å². The summed E-state index contributed by atoms with van der Waals surface area (Å²) in [7, 11) is 0. The van der Waals surface area contributed by atoms with E-state index in [1.807, 2.05) is 18.7 Å². The van der Waals surface area contributed by atoms with Crippen LogP contribution in [0.5, 0.6) is 0 Å². The smallest absolute Gasteiger partial charge is 0.352 e. The minimum absolute atomic E-state index is 0.000304. The molecule has 0 aliphatic carbocycles. The number of amides is 2. The zero-order chi connectivity index (χ0) is 21.8. The molecule has 0 radical (unpaired) electrons. The van der Waals surface area contributed by atoms with E-state index in [1.165, 1.54) is 16.7 Å². The summed E-state index contributed by atoms with van der Waals surface area (Å²) in [5, 5.41) is 26.6. The number of aliphatic carboxylic acids is 1. The normalized spacial score (nSPS) is 39.4. The number of carboxylic acid groups (broad SMARTS) is 1. The van der Waals surface area contributed by atoms with E-state index >= 15 is 0 Å². The number of nitrogens with one attached hydrogen (secondary N) is 2. The maximum absolute atomic E-state index is 13.1. The van der Waals surface area contributed by atoms with E-state index < -0.39 is 16.8 Å². The zero-order valence-corrected chi connectivity index (χ0v) is 18.3. The van der Waals surface area contributed by atoms with Crippen LogP contribution >= 0.6 is 11.8 Å². The van der Waals surface area contributed by atoms with Gasteiger partial charge in [-0.1, -0.05) is 6.92 Å². The monoisotopic (exact) mass is 438 g/mol. The van der Waals surface area contributed by atoms with Crippen molar-refractivity contribution in [1.29, 1.82) is 0 Å². The van der Waals surface area contributed by atoms with Gasteiger partial charge in [0.1, 0.15) is 10.4 Å². The standard InChI is InChI=1S/C20H30N4O5S/c1-10-6-15(18(27)28)24-16(10)20(12(3)25,19(24)29)30-13-7-14(22-9-13)17(26)23-5-4-21-8-11(23)2/h6,10-14,16,21-22,25H,4-5,7-9H2,1-3H3,(H,27,28)/t10?,11?,12?,13?,14?,16-,20?/m0/s1. The number of hydrogen-bond donors (Lipinski definition) is 4. The highest BCUT2D eigenvalue weighted by atomic mass is 32.2. The van der Waals surface area contributed by atoms with Crippen LogP contribution in [0.2, 0.25) is 0 Å². The van der Waals surface area contributed by atoms with Gasteiger partial charge in [0.05, 0.1) is 18.2 Å². The number of aliphatic hydroxyl groups is 1. The number of rotatable bonds is 5. The fraction of sp³-hybridized carbons (Fsp3) is 0.750. The Morgan fingerprint density at radius 2 is 2.07 bits per heavy atom. The summed E-state index contributed by atoms with van der Waals surface area (Å²) in [5.41, 5.74) is -0.000304. The Balaban J connectivity index is 1.46. The molecule has 0 aromatic carbocycles. The zero-order valence-electron chi connectivity index (χ0n) is 17.5. The first-order chi connectivity index (χ1) is 14.2. The molecule has 0 aromatic rings. The Kier molecular flexibility index (Phi) is 5.63. The molecule has 0 aromatic heterocycles. The number of carboxylic acids is 1. The van der Waals surface area contributed by atoms with Gasteiger partial charge in [-0.15, -0.1) is 11.8 Å². The Hall–Kier alpha value is -1.62. The van der Waals surface area contributed by atoms with Crippen molar-refractivity contribution in [2.75, 3.05) is 26.2 Å². The van der Waals surface area contributed by atoms with Crippen molar-refractivity contribution < 1.29 is 24.6 Å². The molecule has 166 valence electrons. The van der Waals surface area contributed by atoms with Gasteiger partial charge in [-0.25, -0.2) is 4.79 Å². The van der Waals surface area contributed by atoms with Crippen LogP contribution in [-0.4, -0.2) is 98.2 Å². The van der Waals surface area contributed by atoms with Crippen molar-refractivity contribution in [3.63, 3.8) is 0 Å². The lowest BCUT2D eigenvalue weighted by atomic mass is 9.78. The Morgan fingerprint density at radius 3 is 2.70 bits per heavy atom. The van der Waals surface area contributed by atoms with Gasteiger partial charge in [-0.3, -0.25) is 14.5 Å². The summed E-state index contributed by atoms with van der Waals surface area (Å²) in [6, 6.07) is -0.539. The third kappa shape index (κ3) is 3.16. The van der Waals surface area contributed by atoms with Crippen molar-refractivity contribution in [2.24, 2.45) is 5.92 Å². The second-order valence-electron chi connectivity index (χ2n) is 8.83. The van der Waals surface area contributed by atoms with Gasteiger partial charge in [0.2, 0.25) is 11.8 Å². The van der Waals surface area contributed by atoms with E-state index in [2.05, 4.69) is 10.6 Å². The molecule has 4 rings (SSSR count). The number of fused-ring (bicyclic) bond motifs is 1. The number of hydrogen-bond acceptors (Lipinski definition) is 7. The first-order valence-electron chi connectivity index (χ1n) is 10.6. The predicted octanol–water partition coefficient (Wildman–Crippen LogP) is -0.781. The molecule has 3 saturated heterocycles. The SMILES string of the molecule is CC1C=C(C(=O)O)N2C(=O)C(SC3CNC(C(=O)N4CCNCC4C)C3)(C(C)O)[C@H]12. The Bertz CT molecular complexity index is 789. The first kappa shape index (κ1) is 21.6. The average Bonchev–Trinajstić information content (AvgIpc) is 3.28. The number of nitrogens with zero attached hydrogens (tertiary/aromatic N) is 2. The minimum atomic E-state index is -1.12. The van der Waals surface area contributed by atoms with Crippen molar-refractivity contribution in [3.05, 3.63) is 11.8 Å². The minimum Gasteiger partial charge on any atom is -0.477 e. The van der Waals surface area contributed by atoms with Crippen LogP contribution in [0.1, 0.15) is 27.2 Å². The van der Waals surface area contributed by atoms with Crippen LogP contribution in [0.3, 0.4) is 0 Å². The molecular formula is C20H30N4O5S. The molecule has 4 heterocycles. The topological polar surface area (TPSA) is 122 Å². The van der Waals surface area contributed by atoms with E-state index in [-0.39, 0.29) is 46.8 Å². The molecule has 9 nitrogen and oxygen atoms in total. The quantitative estimate of drug-likeness (QED) is 0.413. The maximum atomic E-state index is 13.1. The van der Waals surface area contributed by atoms with Gasteiger partial charge in [0, 0.05) is 37.5 Å². The maximum Gasteiger partial charge on any atom is 0.352 e. The van der Waals surface area contributed by atoms with Gasteiger partial charge < -0.3 is 25.7 Å². The van der Waals surface area contributed by atoms with Crippen LogP contribution in [0.4, 0.5) is 0 Å². The second-order valence-corrected chi connectivity index (χ2v) is 10.4. The van der Waals surface area contributed by atoms with Crippen molar-refractivity contribution in [2.45, 2.75) is 61.4 Å². The molecule has 30 heavy (non-hydrogen) atoms. The first-order valence-corrected chi connectivity index (χ1v) is 11.5. The van der Waals surface area contributed by atoms with Crippen LogP contribution in [-0.2, 0) is 14.4 Å². The number of thioether (sulfide) groups is 1. The average molecular weight is 439 g/mol. The van der Waals surface area contributed by atoms with E-state index in [1.54, 1.807) is 13.0 Å². The number of β-lactam (4-membered cyclic amide) rings is 1. The highest BCUT2D eigenvalue weighted by molar-refractivity contribution is 8.02. The molecule has 4 N–H and O–H groups in total. The largest absolute Gasteiger partial charge is 0.477 e. The lowest BCUT2D eigenvalue weighted by Crippen LogP contribution is -2.76. The molecule has 10 heteroatoms. The number of carbonyl (C=O) groups excluding carboxylic acids is 2. The van der Waals surface area contributed by atoms with Gasteiger partial charge >= 0.3 is 5.97 Å². The summed E-state index contributed by atoms with van der Waals surface area (Å²) in [6.45, 7) is 8.33. The summed E-state index contributed by atoms with van der Waals surface area (Å²) < 4.78 is -1.08. The molecule has 4 aliphatic heterocycles. The number of aliphatic hydroxyl groups excluding tert-OH is 1. The van der Waals surface area contributed by atoms with Crippen LogP contribution in [0.25, 0.3) is 0 Å². The van der Waals surface area contributed by atoms with Gasteiger partial charge in [0.25, 0.3) is 0 Å². The highest BCUT2D eigenvalue weighted by Gasteiger charge is 2.69. The molecule has 2 amide bonds. The third-order valence-electron chi connectivity index (χ3n) is 6.82.